The maximum absolute atomic E-state index is 8.74. The van der Waals surface area contributed by atoms with Crippen LogP contribution in [0.4, 0.5) is 0 Å². The van der Waals surface area contributed by atoms with Crippen molar-refractivity contribution in [3.8, 4) is 0 Å². The summed E-state index contributed by atoms with van der Waals surface area (Å²) in [4.78, 5) is 0. The molecule has 13 heteroatoms. The molecule has 11 nitrogen and oxygen atoms in total. The summed E-state index contributed by atoms with van der Waals surface area (Å²) in [5, 5.41) is 0. The summed E-state index contributed by atoms with van der Waals surface area (Å²) in [5.74, 6) is 0. The van der Waals surface area contributed by atoms with Crippen molar-refractivity contribution in [3.05, 3.63) is 0 Å². The standard InChI is InChI=1S/H2O4S.7H2O.Zn/c1-5(2,3)4;;;;;;;;/h(H2,1,2,3,4);7*1H2;. The Morgan fingerprint density at radius 2 is 0.615 bits per heavy atom. The van der Waals surface area contributed by atoms with Gasteiger partial charge in [-0.2, -0.15) is 8.42 Å². The Labute approximate surface area is 86.3 Å². The average molecular weight is 290 g/mol. The van der Waals surface area contributed by atoms with Crippen LogP contribution in [0, 0.1) is 0 Å². The molecule has 0 unspecified atom stereocenters. The van der Waals surface area contributed by atoms with E-state index < -0.39 is 10.4 Å². The van der Waals surface area contributed by atoms with Gasteiger partial charge in [0, 0.05) is 19.5 Å². The molecule has 16 N–H and O–H groups in total. The van der Waals surface area contributed by atoms with Crippen molar-refractivity contribution in [3.63, 3.8) is 0 Å². The maximum atomic E-state index is 8.74. The van der Waals surface area contributed by atoms with Crippen LogP contribution in [0.5, 0.6) is 0 Å². The van der Waals surface area contributed by atoms with Gasteiger partial charge in [0.25, 0.3) is 0 Å². The molecule has 0 aromatic rings. The van der Waals surface area contributed by atoms with Crippen LogP contribution in [-0.2, 0) is 29.9 Å². The summed E-state index contributed by atoms with van der Waals surface area (Å²) in [7, 11) is -4.67. The molecule has 90 valence electrons. The summed E-state index contributed by atoms with van der Waals surface area (Å²) in [6.45, 7) is 0. The first-order valence-corrected chi connectivity index (χ1v) is 2.10. The third-order valence-electron chi connectivity index (χ3n) is 0. The molecule has 0 bridgehead atoms. The Kier molecular flexibility index (Phi) is 340. The van der Waals surface area contributed by atoms with Crippen LogP contribution < -0.4 is 0 Å². The molecule has 0 heterocycles. The molecule has 0 aliphatic rings. The van der Waals surface area contributed by atoms with Crippen molar-refractivity contribution >= 4 is 10.4 Å². The molecule has 0 fully saturated rings. The van der Waals surface area contributed by atoms with Gasteiger partial charge in [0.2, 0.25) is 0 Å². The zero-order chi connectivity index (χ0) is 4.50. The number of hydrogen-bond acceptors (Lipinski definition) is 2. The molecule has 0 aromatic heterocycles. The first kappa shape index (κ1) is 111. The molecule has 0 aliphatic carbocycles. The van der Waals surface area contributed by atoms with Gasteiger partial charge in [-0.1, -0.05) is 0 Å². The molecule has 0 atom stereocenters. The van der Waals surface area contributed by atoms with Crippen LogP contribution in [0.15, 0.2) is 0 Å². The van der Waals surface area contributed by atoms with E-state index in [0.29, 0.717) is 0 Å². The van der Waals surface area contributed by atoms with E-state index in [1.807, 2.05) is 0 Å². The largest absolute Gasteiger partial charge is 0.412 e. The van der Waals surface area contributed by atoms with Crippen LogP contribution in [-0.4, -0.2) is 55.9 Å². The normalized spacial score (nSPS) is 4.46. The van der Waals surface area contributed by atoms with Gasteiger partial charge in [-0.25, -0.2) is 0 Å². The zero-order valence-corrected chi connectivity index (χ0v) is 10.1. The number of hydrogen-bond donors (Lipinski definition) is 2. The van der Waals surface area contributed by atoms with Gasteiger partial charge in [-0.3, -0.25) is 9.11 Å². The van der Waals surface area contributed by atoms with Gasteiger partial charge in [-0.15, -0.1) is 0 Å². The van der Waals surface area contributed by atoms with Gasteiger partial charge < -0.3 is 38.3 Å². The molecule has 0 amide bonds. The molecule has 0 spiro atoms. The van der Waals surface area contributed by atoms with E-state index in [0.717, 1.165) is 0 Å². The number of rotatable bonds is 0. The molecular weight excluding hydrogens is 273 g/mol. The van der Waals surface area contributed by atoms with E-state index in [4.69, 9.17) is 17.5 Å². The first-order valence-electron chi connectivity index (χ1n) is 0.698. The molecule has 0 aliphatic heterocycles. The van der Waals surface area contributed by atoms with Crippen molar-refractivity contribution in [1.29, 1.82) is 0 Å². The summed E-state index contributed by atoms with van der Waals surface area (Å²) in [5.41, 5.74) is 0. The zero-order valence-electron chi connectivity index (χ0n) is 6.33. The van der Waals surface area contributed by atoms with Gasteiger partial charge in [0.05, 0.1) is 0 Å². The summed E-state index contributed by atoms with van der Waals surface area (Å²) >= 11 is 0. The Morgan fingerprint density at radius 3 is 0.615 bits per heavy atom. The smallest absolute Gasteiger partial charge is 0.394 e. The monoisotopic (exact) mass is 288 g/mol. The summed E-state index contributed by atoms with van der Waals surface area (Å²) in [6.07, 6.45) is 0. The van der Waals surface area contributed by atoms with E-state index in [1.54, 1.807) is 0 Å². The summed E-state index contributed by atoms with van der Waals surface area (Å²) < 4.78 is 31.6. The minimum Gasteiger partial charge on any atom is -0.412 e. The van der Waals surface area contributed by atoms with Crippen LogP contribution in [0.2, 0.25) is 0 Å². The minimum absolute atomic E-state index is 0. The van der Waals surface area contributed by atoms with E-state index in [9.17, 15) is 0 Å². The second kappa shape index (κ2) is 39.8. The summed E-state index contributed by atoms with van der Waals surface area (Å²) in [6, 6.07) is 0. The third kappa shape index (κ3) is 28000. The Bertz CT molecular complexity index is 93.3. The average Bonchev–Trinajstić information content (AvgIpc) is 0.722. The Morgan fingerprint density at radius 1 is 0.615 bits per heavy atom. The molecule has 0 saturated heterocycles. The van der Waals surface area contributed by atoms with Gasteiger partial charge in [-0.05, 0) is 0 Å². The molecule has 13 heavy (non-hydrogen) atoms. The van der Waals surface area contributed by atoms with Crippen molar-refractivity contribution < 1.29 is 75.3 Å². The molecule has 0 rings (SSSR count). The van der Waals surface area contributed by atoms with Crippen molar-refractivity contribution in [2.75, 3.05) is 0 Å². The van der Waals surface area contributed by atoms with Crippen LogP contribution >= 0.6 is 0 Å². The predicted molar refractivity (Wildman–Crippen MR) is 39.5 cm³/mol. The Hall–Kier alpha value is 0.213. The van der Waals surface area contributed by atoms with E-state index >= 15 is 0 Å². The fourth-order valence-electron chi connectivity index (χ4n) is 0. The topological polar surface area (TPSA) is 295 Å². The minimum atomic E-state index is -4.67. The molecule has 0 saturated carbocycles. The maximum Gasteiger partial charge on any atom is 0.394 e. The fraction of sp³-hybridized carbons (Fsp3) is 0. The van der Waals surface area contributed by atoms with Gasteiger partial charge in [0.1, 0.15) is 0 Å². The van der Waals surface area contributed by atoms with E-state index in [1.165, 1.54) is 0 Å². The van der Waals surface area contributed by atoms with Crippen molar-refractivity contribution in [2.45, 2.75) is 0 Å². The van der Waals surface area contributed by atoms with Crippen LogP contribution in [0.3, 0.4) is 0 Å². The molecule has 0 aromatic carbocycles. The molecular formula is H16O11SZn. The second-order valence-corrected chi connectivity index (χ2v) is 1.34. The first-order chi connectivity index (χ1) is 2.00. The van der Waals surface area contributed by atoms with Crippen LogP contribution in [0.1, 0.15) is 0 Å². The van der Waals surface area contributed by atoms with Crippen molar-refractivity contribution in [1.82, 2.24) is 0 Å². The predicted octanol–water partition coefficient (Wildman–Crippen LogP) is -6.43. The van der Waals surface area contributed by atoms with E-state index in [-0.39, 0.29) is 57.8 Å². The third-order valence-corrected chi connectivity index (χ3v) is 0. The quantitative estimate of drug-likeness (QED) is 0.324. The van der Waals surface area contributed by atoms with E-state index in [2.05, 4.69) is 0 Å². The van der Waals surface area contributed by atoms with Gasteiger partial charge in [0.15, 0.2) is 0 Å². The fourth-order valence-corrected chi connectivity index (χ4v) is 0. The Balaban J connectivity index is -0.00000000286. The van der Waals surface area contributed by atoms with Crippen LogP contribution in [0.25, 0.3) is 0 Å². The SMILES string of the molecule is O.O.O.O.O.O.O.O=S(=O)(O)O.[Zn]. The second-order valence-electron chi connectivity index (χ2n) is 0.448. The molecule has 0 radical (unpaired) electrons. The van der Waals surface area contributed by atoms with Gasteiger partial charge >= 0.3 is 10.4 Å². The van der Waals surface area contributed by atoms with Crippen molar-refractivity contribution in [2.24, 2.45) is 0 Å².